The van der Waals surface area contributed by atoms with Crippen LogP contribution in [0.2, 0.25) is 0 Å². The zero-order chi connectivity index (χ0) is 13.1. The Balaban J connectivity index is 1.62. The van der Waals surface area contributed by atoms with Crippen LogP contribution in [0.25, 0.3) is 0 Å². The van der Waals surface area contributed by atoms with Gasteiger partial charge < -0.3 is 5.32 Å². The van der Waals surface area contributed by atoms with Gasteiger partial charge in [-0.25, -0.2) is 0 Å². The minimum atomic E-state index is 0.492. The molecule has 2 saturated carbocycles. The predicted molar refractivity (Wildman–Crippen MR) is 81.4 cm³/mol. The average Bonchev–Trinajstić information content (AvgIpc) is 2.38. The van der Waals surface area contributed by atoms with E-state index in [1.54, 1.807) is 0 Å². The van der Waals surface area contributed by atoms with E-state index in [1.807, 2.05) is 0 Å². The van der Waals surface area contributed by atoms with Crippen LogP contribution in [-0.2, 0) is 0 Å². The first-order valence-corrected chi connectivity index (χ1v) is 8.80. The van der Waals surface area contributed by atoms with E-state index in [4.69, 9.17) is 0 Å². The highest BCUT2D eigenvalue weighted by Crippen LogP contribution is 2.35. The van der Waals surface area contributed by atoms with Crippen LogP contribution in [0.4, 0.5) is 0 Å². The van der Waals surface area contributed by atoms with Crippen molar-refractivity contribution in [1.29, 1.82) is 0 Å². The van der Waals surface area contributed by atoms with Gasteiger partial charge >= 0.3 is 0 Å². The molecular weight excluding hydrogens is 232 g/mol. The molecule has 2 nitrogen and oxygen atoms in total. The first kappa shape index (κ1) is 13.9. The van der Waals surface area contributed by atoms with E-state index in [-0.39, 0.29) is 0 Å². The summed E-state index contributed by atoms with van der Waals surface area (Å²) in [6.45, 7) is 6.33. The SMILES string of the molecule is CCCC1CNC2(CCCCC2)CN1CC1CCC1. The molecule has 1 spiro atoms. The van der Waals surface area contributed by atoms with Crippen molar-refractivity contribution in [1.82, 2.24) is 10.2 Å². The quantitative estimate of drug-likeness (QED) is 0.835. The van der Waals surface area contributed by atoms with E-state index < -0.39 is 0 Å². The Hall–Kier alpha value is -0.0800. The summed E-state index contributed by atoms with van der Waals surface area (Å²) >= 11 is 0. The molecule has 0 bridgehead atoms. The van der Waals surface area contributed by atoms with E-state index in [9.17, 15) is 0 Å². The molecule has 1 atom stereocenters. The van der Waals surface area contributed by atoms with E-state index in [2.05, 4.69) is 17.1 Å². The third kappa shape index (κ3) is 3.16. The Labute approximate surface area is 119 Å². The lowest BCUT2D eigenvalue weighted by molar-refractivity contribution is 0.0304. The number of nitrogens with zero attached hydrogens (tertiary/aromatic N) is 1. The van der Waals surface area contributed by atoms with Crippen LogP contribution in [0, 0.1) is 5.92 Å². The van der Waals surface area contributed by atoms with Crippen LogP contribution in [0.15, 0.2) is 0 Å². The molecule has 1 heterocycles. The molecule has 3 aliphatic rings. The standard InChI is InChI=1S/C17H32N2/c1-2-7-16-12-18-17(10-4-3-5-11-17)14-19(16)13-15-8-6-9-15/h15-16,18H,2-14H2,1H3. The smallest absolute Gasteiger partial charge is 0.0309 e. The fourth-order valence-electron chi connectivity index (χ4n) is 4.44. The van der Waals surface area contributed by atoms with Crippen molar-refractivity contribution in [2.75, 3.05) is 19.6 Å². The normalized spacial score (nSPS) is 32.4. The summed E-state index contributed by atoms with van der Waals surface area (Å²) in [5, 5.41) is 3.97. The Bertz CT molecular complexity index is 279. The minimum absolute atomic E-state index is 0.492. The number of nitrogens with one attached hydrogen (secondary N) is 1. The molecule has 1 saturated heterocycles. The van der Waals surface area contributed by atoms with Crippen LogP contribution in [0.3, 0.4) is 0 Å². The molecule has 0 aromatic heterocycles. The van der Waals surface area contributed by atoms with Gasteiger partial charge in [-0.05, 0) is 38.0 Å². The van der Waals surface area contributed by atoms with Crippen LogP contribution >= 0.6 is 0 Å². The van der Waals surface area contributed by atoms with Crippen molar-refractivity contribution in [2.45, 2.75) is 82.7 Å². The maximum absolute atomic E-state index is 3.97. The summed E-state index contributed by atoms with van der Waals surface area (Å²) in [4.78, 5) is 2.88. The van der Waals surface area contributed by atoms with E-state index >= 15 is 0 Å². The summed E-state index contributed by atoms with van der Waals surface area (Å²) in [7, 11) is 0. The maximum atomic E-state index is 3.97. The van der Waals surface area contributed by atoms with Gasteiger partial charge in [-0.15, -0.1) is 0 Å². The summed E-state index contributed by atoms with van der Waals surface area (Å²) in [6, 6.07) is 0.818. The fourth-order valence-corrected chi connectivity index (χ4v) is 4.44. The molecule has 3 fully saturated rings. The summed E-state index contributed by atoms with van der Waals surface area (Å²) in [6.07, 6.45) is 14.4. The molecule has 2 heteroatoms. The number of hydrogen-bond donors (Lipinski definition) is 1. The van der Waals surface area contributed by atoms with Gasteiger partial charge in [-0.2, -0.15) is 0 Å². The topological polar surface area (TPSA) is 15.3 Å². The van der Waals surface area contributed by atoms with Gasteiger partial charge in [-0.1, -0.05) is 39.0 Å². The van der Waals surface area contributed by atoms with Crippen LogP contribution in [0.1, 0.15) is 71.1 Å². The van der Waals surface area contributed by atoms with Crippen molar-refractivity contribution in [3.05, 3.63) is 0 Å². The molecule has 0 amide bonds. The second-order valence-corrected chi connectivity index (χ2v) is 7.39. The number of hydrogen-bond acceptors (Lipinski definition) is 2. The Morgan fingerprint density at radius 1 is 1.11 bits per heavy atom. The molecule has 1 unspecified atom stereocenters. The average molecular weight is 264 g/mol. The third-order valence-corrected chi connectivity index (χ3v) is 5.88. The largest absolute Gasteiger partial charge is 0.308 e. The van der Waals surface area contributed by atoms with Gasteiger partial charge in [-0.3, -0.25) is 4.90 Å². The van der Waals surface area contributed by atoms with Gasteiger partial charge in [0.2, 0.25) is 0 Å². The van der Waals surface area contributed by atoms with Crippen LogP contribution in [0.5, 0.6) is 0 Å². The van der Waals surface area contributed by atoms with Gasteiger partial charge in [0, 0.05) is 31.2 Å². The molecular formula is C17H32N2. The molecule has 2 aliphatic carbocycles. The zero-order valence-corrected chi connectivity index (χ0v) is 12.8. The third-order valence-electron chi connectivity index (χ3n) is 5.88. The molecule has 0 radical (unpaired) electrons. The van der Waals surface area contributed by atoms with Crippen LogP contribution < -0.4 is 5.32 Å². The van der Waals surface area contributed by atoms with Gasteiger partial charge in [0.05, 0.1) is 0 Å². The molecule has 1 N–H and O–H groups in total. The second-order valence-electron chi connectivity index (χ2n) is 7.39. The Morgan fingerprint density at radius 2 is 1.89 bits per heavy atom. The lowest BCUT2D eigenvalue weighted by Crippen LogP contribution is -2.65. The van der Waals surface area contributed by atoms with Crippen molar-refractivity contribution < 1.29 is 0 Å². The van der Waals surface area contributed by atoms with Gasteiger partial charge in [0.25, 0.3) is 0 Å². The highest BCUT2D eigenvalue weighted by atomic mass is 15.3. The maximum Gasteiger partial charge on any atom is 0.0309 e. The minimum Gasteiger partial charge on any atom is -0.308 e. The second kappa shape index (κ2) is 6.13. The Kier molecular flexibility index (Phi) is 4.48. The predicted octanol–water partition coefficient (Wildman–Crippen LogP) is 3.56. The molecule has 1 aliphatic heterocycles. The van der Waals surface area contributed by atoms with Gasteiger partial charge in [0.1, 0.15) is 0 Å². The van der Waals surface area contributed by atoms with Crippen molar-refractivity contribution in [3.63, 3.8) is 0 Å². The summed E-state index contributed by atoms with van der Waals surface area (Å²) in [5.74, 6) is 1.03. The first-order chi connectivity index (χ1) is 9.31. The highest BCUT2D eigenvalue weighted by molar-refractivity contribution is 5.00. The molecule has 110 valence electrons. The van der Waals surface area contributed by atoms with E-state index in [1.165, 1.54) is 83.8 Å². The van der Waals surface area contributed by atoms with Crippen LogP contribution in [-0.4, -0.2) is 36.1 Å². The molecule has 3 rings (SSSR count). The zero-order valence-electron chi connectivity index (χ0n) is 12.8. The van der Waals surface area contributed by atoms with Crippen molar-refractivity contribution >= 4 is 0 Å². The monoisotopic (exact) mass is 264 g/mol. The lowest BCUT2D eigenvalue weighted by atomic mass is 9.78. The molecule has 0 aromatic rings. The Morgan fingerprint density at radius 3 is 2.53 bits per heavy atom. The number of piperazine rings is 1. The van der Waals surface area contributed by atoms with Gasteiger partial charge in [0.15, 0.2) is 0 Å². The lowest BCUT2D eigenvalue weighted by Gasteiger charge is -2.51. The van der Waals surface area contributed by atoms with Crippen molar-refractivity contribution in [2.24, 2.45) is 5.92 Å². The first-order valence-electron chi connectivity index (χ1n) is 8.80. The van der Waals surface area contributed by atoms with E-state index in [0.717, 1.165) is 12.0 Å². The van der Waals surface area contributed by atoms with Crippen molar-refractivity contribution in [3.8, 4) is 0 Å². The number of rotatable bonds is 4. The highest BCUT2D eigenvalue weighted by Gasteiger charge is 2.40. The molecule has 0 aromatic carbocycles. The summed E-state index contributed by atoms with van der Waals surface area (Å²) < 4.78 is 0. The summed E-state index contributed by atoms with van der Waals surface area (Å²) in [5.41, 5.74) is 0.492. The fraction of sp³-hybridized carbons (Fsp3) is 1.00. The van der Waals surface area contributed by atoms with E-state index in [0.29, 0.717) is 5.54 Å². The molecule has 19 heavy (non-hydrogen) atoms.